The Morgan fingerprint density at radius 2 is 1.86 bits per heavy atom. The first-order chi connectivity index (χ1) is 9.93. The summed E-state index contributed by atoms with van der Waals surface area (Å²) in [4.78, 5) is 22.6. The zero-order valence-electron chi connectivity index (χ0n) is 12.7. The monoisotopic (exact) mass is 289 g/mol. The van der Waals surface area contributed by atoms with Crippen LogP contribution < -0.4 is 5.32 Å². The number of carboxylic acid groups (broad SMARTS) is 1. The van der Waals surface area contributed by atoms with Crippen LogP contribution in [0.25, 0.3) is 0 Å². The first kappa shape index (κ1) is 15.5. The molecule has 0 spiro atoms. The van der Waals surface area contributed by atoms with Crippen molar-refractivity contribution in [3.8, 4) is 0 Å². The predicted molar refractivity (Wildman–Crippen MR) is 81.2 cm³/mol. The van der Waals surface area contributed by atoms with Gasteiger partial charge in [0.2, 0.25) is 5.91 Å². The lowest BCUT2D eigenvalue weighted by Gasteiger charge is -2.19. The highest BCUT2D eigenvalue weighted by atomic mass is 16.4. The van der Waals surface area contributed by atoms with E-state index in [4.69, 9.17) is 5.11 Å². The lowest BCUT2D eigenvalue weighted by Crippen LogP contribution is -2.32. The summed E-state index contributed by atoms with van der Waals surface area (Å²) < 4.78 is 0. The lowest BCUT2D eigenvalue weighted by atomic mass is 9.92. The van der Waals surface area contributed by atoms with Gasteiger partial charge in [0, 0.05) is 13.0 Å². The summed E-state index contributed by atoms with van der Waals surface area (Å²) in [7, 11) is 0. The highest BCUT2D eigenvalue weighted by Gasteiger charge is 2.45. The Morgan fingerprint density at radius 3 is 2.33 bits per heavy atom. The maximum Gasteiger partial charge on any atom is 0.335 e. The van der Waals surface area contributed by atoms with Gasteiger partial charge in [-0.05, 0) is 48.3 Å². The number of carboxylic acids is 1. The smallest absolute Gasteiger partial charge is 0.335 e. The first-order valence-electron chi connectivity index (χ1n) is 7.52. The molecule has 21 heavy (non-hydrogen) atoms. The van der Waals surface area contributed by atoms with Gasteiger partial charge in [-0.15, -0.1) is 0 Å². The molecule has 4 heteroatoms. The minimum Gasteiger partial charge on any atom is -0.478 e. The lowest BCUT2D eigenvalue weighted by molar-refractivity contribution is -0.121. The summed E-state index contributed by atoms with van der Waals surface area (Å²) in [6, 6.07) is 6.70. The van der Waals surface area contributed by atoms with E-state index in [0.29, 0.717) is 24.2 Å². The quantitative estimate of drug-likeness (QED) is 0.811. The molecule has 1 fully saturated rings. The van der Waals surface area contributed by atoms with E-state index in [1.807, 2.05) is 0 Å². The minimum absolute atomic E-state index is 0.0734. The predicted octanol–water partition coefficient (Wildman–Crippen LogP) is 2.87. The van der Waals surface area contributed by atoms with Crippen molar-refractivity contribution >= 4 is 11.9 Å². The van der Waals surface area contributed by atoms with Gasteiger partial charge in [0.05, 0.1) is 5.56 Å². The van der Waals surface area contributed by atoms with Crippen LogP contribution in [0.4, 0.5) is 0 Å². The van der Waals surface area contributed by atoms with Gasteiger partial charge in [0.25, 0.3) is 0 Å². The third-order valence-electron chi connectivity index (χ3n) is 4.60. The van der Waals surface area contributed by atoms with Crippen LogP contribution in [0.3, 0.4) is 0 Å². The fourth-order valence-corrected chi connectivity index (χ4v) is 2.55. The van der Waals surface area contributed by atoms with Crippen LogP contribution in [0.5, 0.6) is 0 Å². The molecule has 0 atom stereocenters. The summed E-state index contributed by atoms with van der Waals surface area (Å²) in [6.45, 7) is 5.20. The van der Waals surface area contributed by atoms with Gasteiger partial charge in [-0.2, -0.15) is 0 Å². The van der Waals surface area contributed by atoms with Crippen LogP contribution in [-0.2, 0) is 11.2 Å². The van der Waals surface area contributed by atoms with Crippen LogP contribution >= 0.6 is 0 Å². The molecule has 1 aliphatic rings. The van der Waals surface area contributed by atoms with Crippen molar-refractivity contribution in [2.75, 3.05) is 6.54 Å². The standard InChI is InChI=1S/C17H23NO3/c1-12(2)17(9-10-17)11-18-15(19)8-5-13-3-6-14(7-4-13)16(20)21/h3-4,6-7,12H,5,8-11H2,1-2H3,(H,18,19)(H,20,21). The average molecular weight is 289 g/mol. The molecule has 1 aromatic rings. The number of nitrogens with one attached hydrogen (secondary N) is 1. The Balaban J connectivity index is 1.75. The van der Waals surface area contributed by atoms with E-state index in [-0.39, 0.29) is 11.5 Å². The van der Waals surface area contributed by atoms with Crippen molar-refractivity contribution in [2.24, 2.45) is 11.3 Å². The van der Waals surface area contributed by atoms with Gasteiger partial charge in [0.15, 0.2) is 0 Å². The van der Waals surface area contributed by atoms with E-state index in [1.54, 1.807) is 24.3 Å². The molecule has 114 valence electrons. The summed E-state index contributed by atoms with van der Waals surface area (Å²) in [6.07, 6.45) is 3.50. The van der Waals surface area contributed by atoms with Crippen LogP contribution in [0.15, 0.2) is 24.3 Å². The third kappa shape index (κ3) is 4.06. The van der Waals surface area contributed by atoms with Gasteiger partial charge in [-0.3, -0.25) is 4.79 Å². The second-order valence-electron chi connectivity index (χ2n) is 6.30. The first-order valence-corrected chi connectivity index (χ1v) is 7.52. The third-order valence-corrected chi connectivity index (χ3v) is 4.60. The van der Waals surface area contributed by atoms with E-state index in [9.17, 15) is 9.59 Å². The Hall–Kier alpha value is -1.84. The number of amides is 1. The molecule has 1 saturated carbocycles. The van der Waals surface area contributed by atoms with Crippen molar-refractivity contribution in [3.63, 3.8) is 0 Å². The highest BCUT2D eigenvalue weighted by Crippen LogP contribution is 2.51. The van der Waals surface area contributed by atoms with Gasteiger partial charge in [-0.25, -0.2) is 4.79 Å². The van der Waals surface area contributed by atoms with Crippen LogP contribution in [0.2, 0.25) is 0 Å². The normalized spacial score (nSPS) is 15.8. The Bertz CT molecular complexity index is 515. The molecular formula is C17H23NO3. The number of rotatable bonds is 7. The van der Waals surface area contributed by atoms with Gasteiger partial charge in [0.1, 0.15) is 0 Å². The Kier molecular flexibility index (Phi) is 4.66. The fraction of sp³-hybridized carbons (Fsp3) is 0.529. The second-order valence-corrected chi connectivity index (χ2v) is 6.30. The molecule has 0 saturated heterocycles. The molecule has 0 heterocycles. The molecule has 1 amide bonds. The van der Waals surface area contributed by atoms with Gasteiger partial charge < -0.3 is 10.4 Å². The molecule has 0 radical (unpaired) electrons. The number of carbonyl (C=O) groups excluding carboxylic acids is 1. The van der Waals surface area contributed by atoms with Crippen molar-refractivity contribution in [1.82, 2.24) is 5.32 Å². The summed E-state index contributed by atoms with van der Waals surface area (Å²) in [5.74, 6) is -0.242. The highest BCUT2D eigenvalue weighted by molar-refractivity contribution is 5.87. The molecule has 2 N–H and O–H groups in total. The summed E-state index contributed by atoms with van der Waals surface area (Å²) >= 11 is 0. The van der Waals surface area contributed by atoms with E-state index >= 15 is 0 Å². The minimum atomic E-state index is -0.928. The number of hydrogen-bond acceptors (Lipinski definition) is 2. The largest absolute Gasteiger partial charge is 0.478 e. The summed E-state index contributed by atoms with van der Waals surface area (Å²) in [5.41, 5.74) is 1.59. The second kappa shape index (κ2) is 6.29. The number of aryl methyl sites for hydroxylation is 1. The Labute approximate surface area is 125 Å². The number of benzene rings is 1. The maximum atomic E-state index is 11.9. The zero-order chi connectivity index (χ0) is 15.5. The molecule has 1 aromatic carbocycles. The van der Waals surface area contributed by atoms with Crippen LogP contribution in [0.1, 0.15) is 49.0 Å². The van der Waals surface area contributed by atoms with E-state index in [0.717, 1.165) is 12.1 Å². The maximum absolute atomic E-state index is 11.9. The molecule has 0 aromatic heterocycles. The number of aromatic carboxylic acids is 1. The van der Waals surface area contributed by atoms with E-state index < -0.39 is 5.97 Å². The number of hydrogen-bond donors (Lipinski definition) is 2. The molecule has 2 rings (SSSR count). The van der Waals surface area contributed by atoms with Crippen molar-refractivity contribution in [1.29, 1.82) is 0 Å². The molecule has 4 nitrogen and oxygen atoms in total. The van der Waals surface area contributed by atoms with Crippen molar-refractivity contribution in [3.05, 3.63) is 35.4 Å². The molecule has 0 bridgehead atoms. The molecular weight excluding hydrogens is 266 g/mol. The van der Waals surface area contributed by atoms with Crippen molar-refractivity contribution < 1.29 is 14.7 Å². The molecule has 0 aliphatic heterocycles. The topological polar surface area (TPSA) is 66.4 Å². The fourth-order valence-electron chi connectivity index (χ4n) is 2.55. The van der Waals surface area contributed by atoms with Crippen molar-refractivity contribution in [2.45, 2.75) is 39.5 Å². The van der Waals surface area contributed by atoms with E-state index in [1.165, 1.54) is 12.8 Å². The zero-order valence-corrected chi connectivity index (χ0v) is 12.7. The van der Waals surface area contributed by atoms with Crippen LogP contribution in [0, 0.1) is 11.3 Å². The number of carbonyl (C=O) groups is 2. The average Bonchev–Trinajstić information content (AvgIpc) is 3.24. The van der Waals surface area contributed by atoms with Crippen LogP contribution in [-0.4, -0.2) is 23.5 Å². The van der Waals surface area contributed by atoms with Gasteiger partial charge >= 0.3 is 5.97 Å². The molecule has 0 unspecified atom stereocenters. The SMILES string of the molecule is CC(C)C1(CNC(=O)CCc2ccc(C(=O)O)cc2)CC1. The van der Waals surface area contributed by atoms with Gasteiger partial charge in [-0.1, -0.05) is 26.0 Å². The summed E-state index contributed by atoms with van der Waals surface area (Å²) in [5, 5.41) is 11.9. The Morgan fingerprint density at radius 1 is 1.24 bits per heavy atom. The molecule has 1 aliphatic carbocycles. The van der Waals surface area contributed by atoms with E-state index in [2.05, 4.69) is 19.2 Å².